The zero-order valence-corrected chi connectivity index (χ0v) is 19.9. The monoisotopic (exact) mass is 537 g/mol. The molecule has 7 nitrogen and oxygen atoms in total. The predicted octanol–water partition coefficient (Wildman–Crippen LogP) is 4.97. The number of benzene rings is 2. The summed E-state index contributed by atoms with van der Waals surface area (Å²) < 4.78 is 11.9. The Hall–Kier alpha value is -2.81. The summed E-state index contributed by atoms with van der Waals surface area (Å²) in [5, 5.41) is 7.00. The number of nitrogens with zero attached hydrogens (tertiary/aromatic N) is 1. The number of halogens is 3. The van der Waals surface area contributed by atoms with Crippen molar-refractivity contribution in [2.75, 3.05) is 13.2 Å². The van der Waals surface area contributed by atoms with Crippen LogP contribution in [-0.4, -0.2) is 31.2 Å². The first-order chi connectivity index (χ1) is 15.3. The van der Waals surface area contributed by atoms with Gasteiger partial charge in [0.2, 0.25) is 0 Å². The third kappa shape index (κ3) is 6.85. The molecule has 1 aromatic heterocycles. The molecule has 0 saturated heterocycles. The topological polar surface area (TPSA) is 92.9 Å². The molecule has 0 aliphatic carbocycles. The van der Waals surface area contributed by atoms with Gasteiger partial charge in [0.15, 0.2) is 6.61 Å². The first-order valence-corrected chi connectivity index (χ1v) is 10.9. The number of carbonyl (C=O) groups excluding carboxylic acids is 2. The van der Waals surface area contributed by atoms with Crippen LogP contribution < -0.4 is 15.5 Å². The van der Waals surface area contributed by atoms with Crippen molar-refractivity contribution in [2.24, 2.45) is 5.10 Å². The molecule has 0 aliphatic rings. The number of furan rings is 1. The number of ether oxygens (including phenoxy) is 1. The molecule has 0 saturated carbocycles. The molecule has 0 fully saturated rings. The number of nitrogens with one attached hydrogen (secondary N) is 2. The number of hydrazone groups is 1. The second kappa shape index (κ2) is 11.2. The summed E-state index contributed by atoms with van der Waals surface area (Å²) in [7, 11) is 0. The third-order valence-electron chi connectivity index (χ3n) is 4.10. The van der Waals surface area contributed by atoms with E-state index in [9.17, 15) is 9.59 Å². The largest absolute Gasteiger partial charge is 0.482 e. The van der Waals surface area contributed by atoms with Crippen LogP contribution in [0.5, 0.6) is 5.75 Å². The van der Waals surface area contributed by atoms with Gasteiger partial charge >= 0.3 is 0 Å². The number of hydrogen-bond acceptors (Lipinski definition) is 5. The fourth-order valence-corrected chi connectivity index (χ4v) is 3.71. The molecular weight excluding hydrogens is 521 g/mol. The van der Waals surface area contributed by atoms with Crippen molar-refractivity contribution in [3.8, 4) is 17.1 Å². The lowest BCUT2D eigenvalue weighted by Gasteiger charge is -2.08. The maximum absolute atomic E-state index is 11.9. The molecule has 10 heteroatoms. The minimum absolute atomic E-state index is 0.270. The van der Waals surface area contributed by atoms with Crippen molar-refractivity contribution < 1.29 is 18.7 Å². The highest BCUT2D eigenvalue weighted by atomic mass is 79.9. The molecule has 0 atom stereocenters. The van der Waals surface area contributed by atoms with E-state index >= 15 is 0 Å². The highest BCUT2D eigenvalue weighted by Crippen LogP contribution is 2.30. The van der Waals surface area contributed by atoms with E-state index in [2.05, 4.69) is 31.8 Å². The first-order valence-electron chi connectivity index (χ1n) is 9.34. The molecule has 0 aliphatic heterocycles. The Balaban J connectivity index is 1.42. The van der Waals surface area contributed by atoms with Gasteiger partial charge in [-0.1, -0.05) is 45.2 Å². The van der Waals surface area contributed by atoms with Crippen LogP contribution in [0.1, 0.15) is 11.3 Å². The Kier molecular flexibility index (Phi) is 8.33. The van der Waals surface area contributed by atoms with Crippen molar-refractivity contribution in [1.29, 1.82) is 0 Å². The van der Waals surface area contributed by atoms with Crippen LogP contribution in [0.25, 0.3) is 11.3 Å². The Labute approximate surface area is 202 Å². The van der Waals surface area contributed by atoms with Gasteiger partial charge in [-0.2, -0.15) is 5.10 Å². The standard InChI is InChI=1S/C22H18BrCl2N3O4/c1-13-2-5-16(17(23)8-13)19-7-4-15(32-19)10-27-28-21(29)11-26-22(30)12-31-20-6-3-14(24)9-18(20)25/h2-10H,11-12H2,1H3,(H,26,30)(H,28,29)/b27-10-. The Morgan fingerprint density at radius 2 is 1.94 bits per heavy atom. The van der Waals surface area contributed by atoms with E-state index in [0.29, 0.717) is 22.3 Å². The summed E-state index contributed by atoms with van der Waals surface area (Å²) >= 11 is 15.3. The number of carbonyl (C=O) groups is 2. The van der Waals surface area contributed by atoms with Gasteiger partial charge in [-0.15, -0.1) is 0 Å². The number of aryl methyl sites for hydroxylation is 1. The molecule has 0 radical (unpaired) electrons. The van der Waals surface area contributed by atoms with Crippen molar-refractivity contribution in [3.05, 3.63) is 74.4 Å². The first kappa shape index (κ1) is 23.8. The molecule has 0 bridgehead atoms. The highest BCUT2D eigenvalue weighted by molar-refractivity contribution is 9.10. The zero-order chi connectivity index (χ0) is 23.1. The lowest BCUT2D eigenvalue weighted by atomic mass is 10.1. The number of amides is 2. The SMILES string of the molecule is Cc1ccc(-c2ccc(/C=N\NC(=O)CNC(=O)COc3ccc(Cl)cc3Cl)o2)c(Br)c1. The molecular formula is C22H18BrCl2N3O4. The Bertz CT molecular complexity index is 1160. The van der Waals surface area contributed by atoms with E-state index in [4.69, 9.17) is 32.4 Å². The van der Waals surface area contributed by atoms with Gasteiger partial charge < -0.3 is 14.5 Å². The second-order valence-corrected chi connectivity index (χ2v) is 8.32. The molecule has 1 heterocycles. The lowest BCUT2D eigenvalue weighted by molar-refractivity contribution is -0.127. The van der Waals surface area contributed by atoms with Crippen LogP contribution in [0.15, 0.2) is 62.5 Å². The van der Waals surface area contributed by atoms with Crippen LogP contribution >= 0.6 is 39.1 Å². The maximum atomic E-state index is 11.9. The second-order valence-electron chi connectivity index (χ2n) is 6.62. The van der Waals surface area contributed by atoms with Gasteiger partial charge in [-0.25, -0.2) is 5.43 Å². The minimum atomic E-state index is -0.507. The lowest BCUT2D eigenvalue weighted by Crippen LogP contribution is -2.37. The molecule has 2 amide bonds. The Morgan fingerprint density at radius 3 is 2.69 bits per heavy atom. The zero-order valence-electron chi connectivity index (χ0n) is 16.8. The maximum Gasteiger partial charge on any atom is 0.259 e. The normalized spacial score (nSPS) is 10.9. The number of rotatable bonds is 8. The van der Waals surface area contributed by atoms with Gasteiger partial charge in [-0.05, 0) is 55.0 Å². The Morgan fingerprint density at radius 1 is 1.12 bits per heavy atom. The molecule has 2 aromatic carbocycles. The smallest absolute Gasteiger partial charge is 0.259 e. The summed E-state index contributed by atoms with van der Waals surface area (Å²) in [5.74, 6) is 0.445. The summed E-state index contributed by atoms with van der Waals surface area (Å²) in [6, 6.07) is 14.1. The van der Waals surface area contributed by atoms with Crippen molar-refractivity contribution in [1.82, 2.24) is 10.7 Å². The van der Waals surface area contributed by atoms with Crippen molar-refractivity contribution in [2.45, 2.75) is 6.92 Å². The molecule has 3 aromatic rings. The van der Waals surface area contributed by atoms with Crippen LogP contribution in [0.4, 0.5) is 0 Å². The molecule has 2 N–H and O–H groups in total. The highest BCUT2D eigenvalue weighted by Gasteiger charge is 2.09. The van der Waals surface area contributed by atoms with Crippen molar-refractivity contribution >= 4 is 57.2 Å². The van der Waals surface area contributed by atoms with Gasteiger partial charge in [0.1, 0.15) is 17.3 Å². The van der Waals surface area contributed by atoms with Gasteiger partial charge in [-0.3, -0.25) is 9.59 Å². The molecule has 3 rings (SSSR count). The van der Waals surface area contributed by atoms with E-state index in [0.717, 1.165) is 15.6 Å². The van der Waals surface area contributed by atoms with E-state index in [1.807, 2.05) is 31.2 Å². The van der Waals surface area contributed by atoms with Crippen LogP contribution in [0.3, 0.4) is 0 Å². The molecule has 0 spiro atoms. The average molecular weight is 539 g/mol. The van der Waals surface area contributed by atoms with Gasteiger partial charge in [0.05, 0.1) is 17.8 Å². The predicted molar refractivity (Wildman–Crippen MR) is 127 cm³/mol. The average Bonchev–Trinajstić information content (AvgIpc) is 3.20. The van der Waals surface area contributed by atoms with E-state index < -0.39 is 11.8 Å². The summed E-state index contributed by atoms with van der Waals surface area (Å²) in [6.45, 7) is 1.43. The fourth-order valence-electron chi connectivity index (χ4n) is 2.56. The van der Waals surface area contributed by atoms with E-state index in [-0.39, 0.29) is 18.2 Å². The summed E-state index contributed by atoms with van der Waals surface area (Å²) in [6.07, 6.45) is 1.37. The van der Waals surface area contributed by atoms with Crippen molar-refractivity contribution in [3.63, 3.8) is 0 Å². The fraction of sp³-hybridized carbons (Fsp3) is 0.136. The minimum Gasteiger partial charge on any atom is -0.482 e. The van der Waals surface area contributed by atoms with Crippen LogP contribution in [0, 0.1) is 6.92 Å². The van der Waals surface area contributed by atoms with Crippen LogP contribution in [0.2, 0.25) is 10.0 Å². The molecule has 32 heavy (non-hydrogen) atoms. The van der Waals surface area contributed by atoms with E-state index in [1.54, 1.807) is 18.2 Å². The summed E-state index contributed by atoms with van der Waals surface area (Å²) in [5.41, 5.74) is 4.35. The summed E-state index contributed by atoms with van der Waals surface area (Å²) in [4.78, 5) is 23.7. The van der Waals surface area contributed by atoms with Gasteiger partial charge in [0, 0.05) is 15.1 Å². The van der Waals surface area contributed by atoms with Gasteiger partial charge in [0.25, 0.3) is 11.8 Å². The quantitative estimate of drug-likeness (QED) is 0.313. The van der Waals surface area contributed by atoms with Crippen LogP contribution in [-0.2, 0) is 9.59 Å². The van der Waals surface area contributed by atoms with E-state index in [1.165, 1.54) is 12.3 Å². The molecule has 0 unspecified atom stereocenters. The number of hydrogen-bond donors (Lipinski definition) is 2. The third-order valence-corrected chi connectivity index (χ3v) is 5.28. The molecule has 166 valence electrons.